The van der Waals surface area contributed by atoms with Gasteiger partial charge in [0.15, 0.2) is 0 Å². The normalized spacial score (nSPS) is 12.0. The zero-order valence-electron chi connectivity index (χ0n) is 10.1. The van der Waals surface area contributed by atoms with Gasteiger partial charge in [-0.05, 0) is 12.1 Å². The summed E-state index contributed by atoms with van der Waals surface area (Å²) in [7, 11) is 0. The molecule has 0 saturated carbocycles. The second-order valence-corrected chi connectivity index (χ2v) is 4.69. The van der Waals surface area contributed by atoms with E-state index in [0.29, 0.717) is 11.2 Å². The monoisotopic (exact) mass is 320 g/mol. The van der Waals surface area contributed by atoms with Gasteiger partial charge in [-0.3, -0.25) is 5.43 Å². The van der Waals surface area contributed by atoms with Crippen molar-refractivity contribution < 1.29 is 22.7 Å². The van der Waals surface area contributed by atoms with Gasteiger partial charge in [-0.25, -0.2) is 9.37 Å². The molecule has 0 bridgehead atoms. The number of aromatic nitrogens is 1. The van der Waals surface area contributed by atoms with Crippen molar-refractivity contribution in [2.24, 2.45) is 5.10 Å². The SMILES string of the molecule is Nc1csc(NN=Cc2c(O)cc(C(F)(F)F)cc2F)n1. The number of hydrazone groups is 1. The molecular formula is C11H8F4N4OS. The van der Waals surface area contributed by atoms with E-state index in [9.17, 15) is 22.7 Å². The Kier molecular flexibility index (Phi) is 3.98. The van der Waals surface area contributed by atoms with Crippen molar-refractivity contribution in [1.82, 2.24) is 4.98 Å². The summed E-state index contributed by atoms with van der Waals surface area (Å²) in [4.78, 5) is 3.80. The molecule has 0 fully saturated rings. The maximum Gasteiger partial charge on any atom is 0.416 e. The summed E-state index contributed by atoms with van der Waals surface area (Å²) in [5.41, 5.74) is 6.02. The van der Waals surface area contributed by atoms with Gasteiger partial charge in [0.25, 0.3) is 0 Å². The number of rotatable bonds is 3. The first kappa shape index (κ1) is 15.0. The number of halogens is 4. The minimum Gasteiger partial charge on any atom is -0.507 e. The van der Waals surface area contributed by atoms with E-state index in [-0.39, 0.29) is 11.9 Å². The third kappa shape index (κ3) is 3.60. The molecule has 10 heteroatoms. The molecule has 1 aromatic carbocycles. The van der Waals surface area contributed by atoms with Gasteiger partial charge in [-0.15, -0.1) is 11.3 Å². The van der Waals surface area contributed by atoms with E-state index in [1.54, 1.807) is 0 Å². The average molecular weight is 320 g/mol. The Bertz CT molecular complexity index is 660. The topological polar surface area (TPSA) is 83.5 Å². The molecule has 0 aliphatic rings. The Morgan fingerprint density at radius 2 is 2.10 bits per heavy atom. The van der Waals surface area contributed by atoms with Gasteiger partial charge in [0.05, 0.1) is 17.3 Å². The van der Waals surface area contributed by atoms with E-state index in [0.717, 1.165) is 17.6 Å². The van der Waals surface area contributed by atoms with Crippen LogP contribution in [0, 0.1) is 5.82 Å². The molecular weight excluding hydrogens is 312 g/mol. The number of nitrogen functional groups attached to an aromatic ring is 1. The van der Waals surface area contributed by atoms with Gasteiger partial charge < -0.3 is 10.8 Å². The van der Waals surface area contributed by atoms with Gasteiger partial charge in [0.1, 0.15) is 17.4 Å². The Hall–Kier alpha value is -2.36. The molecule has 0 aliphatic carbocycles. The summed E-state index contributed by atoms with van der Waals surface area (Å²) < 4.78 is 50.8. The predicted molar refractivity (Wildman–Crippen MR) is 70.8 cm³/mol. The van der Waals surface area contributed by atoms with Crippen LogP contribution in [0.4, 0.5) is 28.5 Å². The Labute approximate surface area is 119 Å². The lowest BCUT2D eigenvalue weighted by Crippen LogP contribution is -2.06. The Morgan fingerprint density at radius 1 is 1.38 bits per heavy atom. The van der Waals surface area contributed by atoms with E-state index in [2.05, 4.69) is 15.5 Å². The number of nitrogens with zero attached hydrogens (tertiary/aromatic N) is 2. The summed E-state index contributed by atoms with van der Waals surface area (Å²) in [6.45, 7) is 0. The minimum absolute atomic E-state index is 0.265. The van der Waals surface area contributed by atoms with Gasteiger partial charge in [0.2, 0.25) is 5.13 Å². The van der Waals surface area contributed by atoms with Crippen LogP contribution in [0.3, 0.4) is 0 Å². The maximum atomic E-state index is 13.6. The van der Waals surface area contributed by atoms with Crippen LogP contribution in [0.5, 0.6) is 5.75 Å². The predicted octanol–water partition coefficient (Wildman–Crippen LogP) is 3.03. The molecule has 2 aromatic rings. The lowest BCUT2D eigenvalue weighted by atomic mass is 10.1. The van der Waals surface area contributed by atoms with E-state index in [1.807, 2.05) is 0 Å². The highest BCUT2D eigenvalue weighted by atomic mass is 32.1. The van der Waals surface area contributed by atoms with Crippen LogP contribution in [-0.2, 0) is 6.18 Å². The number of nitrogens with one attached hydrogen (secondary N) is 1. The standard InChI is InChI=1S/C11H8F4N4OS/c12-7-1-5(11(13,14)15)2-8(20)6(7)3-17-19-10-18-9(16)4-21-10/h1-4,20H,16H2,(H,18,19). The second kappa shape index (κ2) is 5.56. The van der Waals surface area contributed by atoms with Gasteiger partial charge >= 0.3 is 6.18 Å². The lowest BCUT2D eigenvalue weighted by Gasteiger charge is -2.09. The van der Waals surface area contributed by atoms with E-state index in [4.69, 9.17) is 5.73 Å². The number of alkyl halides is 3. The quantitative estimate of drug-likeness (QED) is 0.461. The lowest BCUT2D eigenvalue weighted by molar-refractivity contribution is -0.137. The number of phenolic OH excluding ortho intramolecular Hbond substituents is 1. The number of nitrogens with two attached hydrogens (primary N) is 1. The summed E-state index contributed by atoms with van der Waals surface area (Å²) in [5.74, 6) is -1.85. The van der Waals surface area contributed by atoms with Crippen LogP contribution in [0.25, 0.3) is 0 Å². The maximum absolute atomic E-state index is 13.6. The zero-order valence-corrected chi connectivity index (χ0v) is 11.0. The van der Waals surface area contributed by atoms with Crippen molar-refractivity contribution in [1.29, 1.82) is 0 Å². The molecule has 0 unspecified atom stereocenters. The molecule has 21 heavy (non-hydrogen) atoms. The van der Waals surface area contributed by atoms with Crippen molar-refractivity contribution in [3.63, 3.8) is 0 Å². The fraction of sp³-hybridized carbons (Fsp3) is 0.0909. The molecule has 2 rings (SSSR count). The highest BCUT2D eigenvalue weighted by Gasteiger charge is 2.32. The highest BCUT2D eigenvalue weighted by molar-refractivity contribution is 7.14. The third-order valence-electron chi connectivity index (χ3n) is 2.31. The van der Waals surface area contributed by atoms with Crippen LogP contribution in [0.15, 0.2) is 22.6 Å². The van der Waals surface area contributed by atoms with Crippen LogP contribution in [-0.4, -0.2) is 16.3 Å². The van der Waals surface area contributed by atoms with Crippen LogP contribution in [0.1, 0.15) is 11.1 Å². The largest absolute Gasteiger partial charge is 0.507 e. The zero-order chi connectivity index (χ0) is 15.6. The van der Waals surface area contributed by atoms with Crippen molar-refractivity contribution in [2.45, 2.75) is 6.18 Å². The van der Waals surface area contributed by atoms with Crippen LogP contribution >= 0.6 is 11.3 Å². The number of hydrogen-bond donors (Lipinski definition) is 3. The Morgan fingerprint density at radius 3 is 2.62 bits per heavy atom. The second-order valence-electron chi connectivity index (χ2n) is 3.84. The molecule has 0 amide bonds. The van der Waals surface area contributed by atoms with Crippen molar-refractivity contribution in [2.75, 3.05) is 11.2 Å². The van der Waals surface area contributed by atoms with Crippen molar-refractivity contribution in [3.05, 3.63) is 34.5 Å². The molecule has 1 heterocycles. The molecule has 0 saturated heterocycles. The van der Waals surface area contributed by atoms with Gasteiger partial charge in [0, 0.05) is 5.38 Å². The first-order valence-corrected chi connectivity index (χ1v) is 6.25. The van der Waals surface area contributed by atoms with Crippen molar-refractivity contribution in [3.8, 4) is 5.75 Å². The number of hydrogen-bond acceptors (Lipinski definition) is 6. The molecule has 1 aromatic heterocycles. The van der Waals surface area contributed by atoms with Gasteiger partial charge in [-0.1, -0.05) is 0 Å². The molecule has 0 spiro atoms. The number of aromatic hydroxyl groups is 1. The smallest absolute Gasteiger partial charge is 0.416 e. The summed E-state index contributed by atoms with van der Waals surface area (Å²) in [6.07, 6.45) is -3.90. The summed E-state index contributed by atoms with van der Waals surface area (Å²) >= 11 is 1.13. The molecule has 0 aliphatic heterocycles. The molecule has 0 atom stereocenters. The molecule has 0 radical (unpaired) electrons. The fourth-order valence-electron chi connectivity index (χ4n) is 1.38. The van der Waals surface area contributed by atoms with Crippen LogP contribution < -0.4 is 11.2 Å². The minimum atomic E-state index is -4.75. The first-order chi connectivity index (χ1) is 9.77. The molecule has 112 valence electrons. The number of anilines is 2. The van der Waals surface area contributed by atoms with E-state index in [1.165, 1.54) is 5.38 Å². The van der Waals surface area contributed by atoms with E-state index >= 15 is 0 Å². The molecule has 4 N–H and O–H groups in total. The first-order valence-electron chi connectivity index (χ1n) is 5.37. The Balaban J connectivity index is 2.20. The number of thiazole rings is 1. The average Bonchev–Trinajstić information content (AvgIpc) is 2.77. The van der Waals surface area contributed by atoms with E-state index < -0.39 is 28.9 Å². The van der Waals surface area contributed by atoms with Gasteiger partial charge in [-0.2, -0.15) is 18.3 Å². The van der Waals surface area contributed by atoms with Crippen molar-refractivity contribution >= 4 is 28.5 Å². The number of benzene rings is 1. The highest BCUT2D eigenvalue weighted by Crippen LogP contribution is 2.33. The summed E-state index contributed by atoms with van der Waals surface area (Å²) in [5, 5.41) is 14.9. The fourth-order valence-corrected chi connectivity index (χ4v) is 1.93. The number of phenols is 1. The summed E-state index contributed by atoms with van der Waals surface area (Å²) in [6, 6.07) is 0.703. The third-order valence-corrected chi connectivity index (χ3v) is 3.08. The molecule has 5 nitrogen and oxygen atoms in total. The van der Waals surface area contributed by atoms with Crippen LogP contribution in [0.2, 0.25) is 0 Å².